The summed E-state index contributed by atoms with van der Waals surface area (Å²) < 4.78 is 2.55. The predicted octanol–water partition coefficient (Wildman–Crippen LogP) is 17.5. The molecule has 0 fully saturated rings. The zero-order valence-corrected chi connectivity index (χ0v) is 38.5. The van der Waals surface area contributed by atoms with Crippen LogP contribution < -0.4 is 9.80 Å². The molecule has 326 valence electrons. The van der Waals surface area contributed by atoms with E-state index in [4.69, 9.17) is 0 Å². The van der Waals surface area contributed by atoms with Gasteiger partial charge in [0.15, 0.2) is 0 Å². The zero-order valence-electron chi connectivity index (χ0n) is 38.5. The molecule has 1 atom stereocenters. The molecule has 9 aromatic carbocycles. The maximum atomic E-state index is 2.62. The maximum Gasteiger partial charge on any atom is 0.0583 e. The fraction of sp³-hybridized carbons (Fsp3) is 0.108. The van der Waals surface area contributed by atoms with Gasteiger partial charge in [0.25, 0.3) is 0 Å². The second kappa shape index (κ2) is 16.0. The number of hydrogen-bond donors (Lipinski definition) is 0. The van der Waals surface area contributed by atoms with Crippen molar-refractivity contribution in [2.75, 3.05) is 9.80 Å². The molecule has 0 bridgehead atoms. The van der Waals surface area contributed by atoms with E-state index in [1.807, 2.05) is 0 Å². The fourth-order valence-corrected chi connectivity index (χ4v) is 11.5. The molecule has 3 aliphatic rings. The van der Waals surface area contributed by atoms with Gasteiger partial charge in [-0.15, -0.1) is 0 Å². The molecule has 2 aliphatic carbocycles. The maximum absolute atomic E-state index is 2.62. The Balaban J connectivity index is 1.06. The second-order valence-corrected chi connectivity index (χ2v) is 19.2. The van der Waals surface area contributed by atoms with Gasteiger partial charge in [-0.2, -0.15) is 0 Å². The quantitative estimate of drug-likeness (QED) is 0.151. The lowest BCUT2D eigenvalue weighted by Crippen LogP contribution is -2.31. The number of benzene rings is 9. The standard InChI is InChI=1S/C65H51N3/c1-65(2)58-27-13-14-28-63(58)68-62-40-39-52(66(60-29-15-23-48-21-9-11-25-54(48)60)50-35-31-46(32-36-50)44-17-5-3-6-18-44)41-56(62)57-42-53(43-59(65)64(57)68)67(61-30-16-24-49-22-10-12-26-55(49)61)51-37-33-47(34-38-51)45-19-7-4-8-20-45/h3-5,7-17,19-37,39-43,51H,6,18,38H2,1-2H3. The lowest BCUT2D eigenvalue weighted by molar-refractivity contribution is 0.629. The largest absolute Gasteiger partial charge is 0.334 e. The average Bonchev–Trinajstić information content (AvgIpc) is 3.73. The van der Waals surface area contributed by atoms with Gasteiger partial charge < -0.3 is 14.4 Å². The summed E-state index contributed by atoms with van der Waals surface area (Å²) in [4.78, 5) is 5.09. The minimum Gasteiger partial charge on any atom is -0.334 e. The molecular formula is C65H51N3. The Morgan fingerprint density at radius 1 is 0.544 bits per heavy atom. The van der Waals surface area contributed by atoms with E-state index in [9.17, 15) is 0 Å². The predicted molar refractivity (Wildman–Crippen MR) is 290 cm³/mol. The number of allylic oxidation sites excluding steroid dienone is 6. The molecule has 0 radical (unpaired) electrons. The summed E-state index contributed by atoms with van der Waals surface area (Å²) in [6.45, 7) is 4.83. The Morgan fingerprint density at radius 3 is 1.97 bits per heavy atom. The van der Waals surface area contributed by atoms with Crippen LogP contribution in [-0.2, 0) is 5.41 Å². The first-order chi connectivity index (χ1) is 33.5. The zero-order chi connectivity index (χ0) is 45.3. The third-order valence-electron chi connectivity index (χ3n) is 14.9. The van der Waals surface area contributed by atoms with E-state index in [0.29, 0.717) is 0 Å². The molecular weight excluding hydrogens is 823 g/mol. The van der Waals surface area contributed by atoms with Crippen LogP contribution in [0.2, 0.25) is 0 Å². The van der Waals surface area contributed by atoms with Crippen molar-refractivity contribution in [1.82, 2.24) is 4.57 Å². The van der Waals surface area contributed by atoms with E-state index >= 15 is 0 Å². The summed E-state index contributed by atoms with van der Waals surface area (Å²) in [7, 11) is 0. The van der Waals surface area contributed by atoms with Crippen molar-refractivity contribution in [2.45, 2.75) is 44.6 Å². The molecule has 0 spiro atoms. The van der Waals surface area contributed by atoms with Crippen LogP contribution in [0.1, 0.15) is 55.4 Å². The number of hydrogen-bond acceptors (Lipinski definition) is 2. The van der Waals surface area contributed by atoms with Crippen molar-refractivity contribution in [3.8, 4) is 5.69 Å². The molecule has 1 aromatic heterocycles. The summed E-state index contributed by atoms with van der Waals surface area (Å²) in [6.07, 6.45) is 16.9. The van der Waals surface area contributed by atoms with Crippen LogP contribution >= 0.6 is 0 Å². The lowest BCUT2D eigenvalue weighted by atomic mass is 9.74. The topological polar surface area (TPSA) is 11.4 Å². The van der Waals surface area contributed by atoms with Gasteiger partial charge >= 0.3 is 0 Å². The normalized spacial score (nSPS) is 15.9. The summed E-state index contributed by atoms with van der Waals surface area (Å²) in [6, 6.07) is 72.5. The van der Waals surface area contributed by atoms with E-state index in [1.54, 1.807) is 0 Å². The summed E-state index contributed by atoms with van der Waals surface area (Å²) in [5, 5.41) is 7.42. The van der Waals surface area contributed by atoms with Crippen LogP contribution in [0.25, 0.3) is 60.2 Å². The Kier molecular flexibility index (Phi) is 9.47. The second-order valence-electron chi connectivity index (χ2n) is 19.2. The fourth-order valence-electron chi connectivity index (χ4n) is 11.5. The molecule has 10 aromatic rings. The van der Waals surface area contributed by atoms with Gasteiger partial charge in [0.2, 0.25) is 0 Å². The van der Waals surface area contributed by atoms with Crippen LogP contribution in [0, 0.1) is 0 Å². The van der Waals surface area contributed by atoms with Crippen molar-refractivity contribution in [3.63, 3.8) is 0 Å². The molecule has 2 heterocycles. The van der Waals surface area contributed by atoms with E-state index in [2.05, 4.69) is 259 Å². The van der Waals surface area contributed by atoms with Gasteiger partial charge in [0, 0.05) is 49.7 Å². The third-order valence-corrected chi connectivity index (χ3v) is 14.9. The third kappa shape index (κ3) is 6.48. The van der Waals surface area contributed by atoms with E-state index in [1.165, 1.54) is 93.8 Å². The Hall–Kier alpha value is -8.14. The van der Waals surface area contributed by atoms with Crippen molar-refractivity contribution >= 4 is 82.9 Å². The molecule has 0 saturated heterocycles. The minimum absolute atomic E-state index is 0.0889. The highest BCUT2D eigenvalue weighted by molar-refractivity contribution is 6.15. The highest BCUT2D eigenvalue weighted by Crippen LogP contribution is 2.52. The molecule has 3 nitrogen and oxygen atoms in total. The van der Waals surface area contributed by atoms with Gasteiger partial charge in [-0.3, -0.25) is 0 Å². The van der Waals surface area contributed by atoms with E-state index in [-0.39, 0.29) is 11.5 Å². The SMILES string of the molecule is CC1(C)c2ccccc2-n2c3ccc(N(c4ccc(C5=CC=CCC5)cc4)c4cccc5ccccc45)cc3c3cc(N(c4cccc5ccccc45)C4C=CC(c5ccccc5)=CC4)cc1c32. The average molecular weight is 874 g/mol. The molecule has 3 heteroatoms. The number of anilines is 5. The van der Waals surface area contributed by atoms with Crippen molar-refractivity contribution in [2.24, 2.45) is 0 Å². The minimum atomic E-state index is -0.272. The molecule has 1 aliphatic heterocycles. The number of aromatic nitrogens is 1. The van der Waals surface area contributed by atoms with Gasteiger partial charge in [-0.05, 0) is 124 Å². The van der Waals surface area contributed by atoms with Gasteiger partial charge in [0.05, 0.1) is 28.5 Å². The highest BCUT2D eigenvalue weighted by Gasteiger charge is 2.37. The number of fused-ring (bicyclic) bond motifs is 7. The van der Waals surface area contributed by atoms with Crippen LogP contribution in [0.15, 0.2) is 231 Å². The smallest absolute Gasteiger partial charge is 0.0583 e. The van der Waals surface area contributed by atoms with Crippen LogP contribution in [0.5, 0.6) is 0 Å². The molecule has 1 unspecified atom stereocenters. The van der Waals surface area contributed by atoms with Crippen molar-refractivity contribution < 1.29 is 0 Å². The monoisotopic (exact) mass is 873 g/mol. The first-order valence-electron chi connectivity index (χ1n) is 24.2. The van der Waals surface area contributed by atoms with Gasteiger partial charge in [0.1, 0.15) is 0 Å². The van der Waals surface area contributed by atoms with Gasteiger partial charge in [-0.1, -0.05) is 184 Å². The summed E-state index contributed by atoms with van der Waals surface area (Å²) in [5.74, 6) is 0. The van der Waals surface area contributed by atoms with E-state index in [0.717, 1.165) is 36.3 Å². The first kappa shape index (κ1) is 40.2. The molecule has 0 N–H and O–H groups in total. The van der Waals surface area contributed by atoms with Gasteiger partial charge in [-0.25, -0.2) is 0 Å². The van der Waals surface area contributed by atoms with E-state index < -0.39 is 0 Å². The van der Waals surface area contributed by atoms with Crippen molar-refractivity contribution in [1.29, 1.82) is 0 Å². The molecule has 13 rings (SSSR count). The lowest BCUT2D eigenvalue weighted by Gasteiger charge is -2.38. The number of nitrogens with zero attached hydrogens (tertiary/aromatic N) is 3. The van der Waals surface area contributed by atoms with Crippen molar-refractivity contribution in [3.05, 3.63) is 253 Å². The Bertz CT molecular complexity index is 3740. The van der Waals surface area contributed by atoms with Crippen LogP contribution in [-0.4, -0.2) is 10.6 Å². The number of rotatable bonds is 8. The van der Waals surface area contributed by atoms with Crippen LogP contribution in [0.4, 0.5) is 28.4 Å². The Labute approximate surface area is 398 Å². The number of para-hydroxylation sites is 1. The van der Waals surface area contributed by atoms with Crippen LogP contribution in [0.3, 0.4) is 0 Å². The summed E-state index contributed by atoms with van der Waals surface area (Å²) in [5.41, 5.74) is 17.1. The Morgan fingerprint density at radius 2 is 1.22 bits per heavy atom. The highest BCUT2D eigenvalue weighted by atomic mass is 15.2. The summed E-state index contributed by atoms with van der Waals surface area (Å²) >= 11 is 0. The first-order valence-corrected chi connectivity index (χ1v) is 24.2. The molecule has 68 heavy (non-hydrogen) atoms. The molecule has 0 amide bonds. The molecule has 0 saturated carbocycles.